The molecule has 1 aliphatic carbocycles. The van der Waals surface area contributed by atoms with Gasteiger partial charge in [0.05, 0.1) is 22.1 Å². The fraction of sp³-hybridized carbons (Fsp3) is 0.400. The molecule has 3 nitrogen and oxygen atoms in total. The molecule has 1 saturated carbocycles. The molecule has 3 rings (SSSR count). The fourth-order valence-electron chi connectivity index (χ4n) is 2.38. The second kappa shape index (κ2) is 5.47. The minimum Gasteiger partial charge on any atom is -0.330 e. The van der Waals surface area contributed by atoms with Crippen LogP contribution in [0.1, 0.15) is 36.4 Å². The van der Waals surface area contributed by atoms with Gasteiger partial charge in [0.15, 0.2) is 0 Å². The molecule has 2 N–H and O–H groups in total. The Morgan fingerprint density at radius 3 is 2.63 bits per heavy atom. The number of nitrogens with two attached hydrogens (primary N) is 1. The van der Waals surface area contributed by atoms with Crippen LogP contribution < -0.4 is 5.73 Å². The number of hydrogen-bond donors (Lipinski definition) is 1. The van der Waals surface area contributed by atoms with E-state index < -0.39 is 0 Å². The van der Waals surface area contributed by atoms with Crippen LogP contribution in [0.25, 0.3) is 5.69 Å². The Morgan fingerprint density at radius 1 is 1.26 bits per heavy atom. The van der Waals surface area contributed by atoms with Gasteiger partial charge in [0.1, 0.15) is 0 Å². The van der Waals surface area contributed by atoms with E-state index in [0.29, 0.717) is 5.92 Å². The van der Waals surface area contributed by atoms with Crippen LogP contribution in [0, 0.1) is 0 Å². The van der Waals surface area contributed by atoms with Crippen molar-refractivity contribution in [1.29, 1.82) is 0 Å². The molecule has 1 aromatic heterocycles. The van der Waals surface area contributed by atoms with Crippen molar-refractivity contribution in [2.45, 2.75) is 31.6 Å². The molecule has 0 aliphatic heterocycles. The van der Waals surface area contributed by atoms with Gasteiger partial charge in [-0.25, -0.2) is 4.68 Å². The molecule has 0 saturated heterocycles. The van der Waals surface area contributed by atoms with Gasteiger partial charge in [-0.15, -0.1) is 0 Å². The van der Waals surface area contributed by atoms with Crippen LogP contribution in [0.15, 0.2) is 34.9 Å². The zero-order valence-electron chi connectivity index (χ0n) is 10.8. The number of aryl methyl sites for hydroxylation is 1. The first kappa shape index (κ1) is 12.9. The van der Waals surface area contributed by atoms with Gasteiger partial charge in [-0.05, 0) is 65.9 Å². The quantitative estimate of drug-likeness (QED) is 0.917. The molecule has 0 spiro atoms. The lowest BCUT2D eigenvalue weighted by atomic mass is 10.1. The normalized spacial score (nSPS) is 14.8. The van der Waals surface area contributed by atoms with Crippen molar-refractivity contribution in [2.75, 3.05) is 6.54 Å². The molecule has 1 heterocycles. The lowest BCUT2D eigenvalue weighted by molar-refractivity contribution is 0.802. The summed E-state index contributed by atoms with van der Waals surface area (Å²) < 4.78 is 3.19. The summed E-state index contributed by atoms with van der Waals surface area (Å²) in [5.74, 6) is 0.675. The Balaban J connectivity index is 1.86. The van der Waals surface area contributed by atoms with Crippen LogP contribution in [-0.2, 0) is 6.42 Å². The summed E-state index contributed by atoms with van der Waals surface area (Å²) in [5.41, 5.74) is 9.34. The predicted molar refractivity (Wildman–Crippen MR) is 80.6 cm³/mol. The summed E-state index contributed by atoms with van der Waals surface area (Å²) in [6.07, 6.45) is 6.54. The molecular weight excluding hydrogens is 302 g/mol. The summed E-state index contributed by atoms with van der Waals surface area (Å²) in [5, 5.41) is 4.49. The number of halogens is 1. The van der Waals surface area contributed by atoms with Gasteiger partial charge in [0.25, 0.3) is 0 Å². The van der Waals surface area contributed by atoms with Crippen molar-refractivity contribution in [2.24, 2.45) is 5.73 Å². The van der Waals surface area contributed by atoms with Crippen molar-refractivity contribution in [3.05, 3.63) is 46.2 Å². The Labute approximate surface area is 121 Å². The average Bonchev–Trinajstić information content (AvgIpc) is 3.20. The van der Waals surface area contributed by atoms with Gasteiger partial charge in [-0.2, -0.15) is 5.10 Å². The fourth-order valence-corrected chi connectivity index (χ4v) is 2.96. The van der Waals surface area contributed by atoms with Crippen LogP contribution in [0.4, 0.5) is 0 Å². The number of aromatic nitrogens is 2. The summed E-state index contributed by atoms with van der Waals surface area (Å²) in [6.45, 7) is 0.750. The van der Waals surface area contributed by atoms with Crippen molar-refractivity contribution >= 4 is 15.9 Å². The van der Waals surface area contributed by atoms with E-state index >= 15 is 0 Å². The molecule has 4 heteroatoms. The maximum atomic E-state index is 5.54. The number of nitrogens with zero attached hydrogens (tertiary/aromatic N) is 2. The molecule has 1 fully saturated rings. The van der Waals surface area contributed by atoms with E-state index in [1.165, 1.54) is 24.1 Å². The molecule has 0 unspecified atom stereocenters. The zero-order chi connectivity index (χ0) is 13.2. The third kappa shape index (κ3) is 2.74. The highest BCUT2D eigenvalue weighted by atomic mass is 79.9. The van der Waals surface area contributed by atoms with Crippen molar-refractivity contribution in [3.63, 3.8) is 0 Å². The Kier molecular flexibility index (Phi) is 3.71. The lowest BCUT2D eigenvalue weighted by Crippen LogP contribution is -2.02. The standard InChI is InChI=1S/C15H18BrN3/c16-14-10-18-19(15(14)12-5-6-12)13-7-3-11(4-8-13)2-1-9-17/h3-4,7-8,10,12H,1-2,5-6,9,17H2. The first-order valence-corrected chi connectivity index (χ1v) is 7.61. The minimum absolute atomic E-state index is 0.675. The van der Waals surface area contributed by atoms with Gasteiger partial charge in [-0.3, -0.25) is 0 Å². The smallest absolute Gasteiger partial charge is 0.0649 e. The molecule has 100 valence electrons. The second-order valence-corrected chi connectivity index (χ2v) is 5.98. The molecule has 2 aromatic rings. The third-order valence-electron chi connectivity index (χ3n) is 3.57. The van der Waals surface area contributed by atoms with Crippen LogP contribution in [0.3, 0.4) is 0 Å². The summed E-state index contributed by atoms with van der Waals surface area (Å²) in [7, 11) is 0. The first-order chi connectivity index (χ1) is 9.29. The van der Waals surface area contributed by atoms with Gasteiger partial charge in [-0.1, -0.05) is 12.1 Å². The first-order valence-electron chi connectivity index (χ1n) is 6.82. The van der Waals surface area contributed by atoms with Gasteiger partial charge in [0.2, 0.25) is 0 Å². The van der Waals surface area contributed by atoms with Gasteiger partial charge in [0, 0.05) is 5.92 Å². The average molecular weight is 320 g/mol. The Morgan fingerprint density at radius 2 is 2.00 bits per heavy atom. The zero-order valence-corrected chi connectivity index (χ0v) is 12.4. The highest BCUT2D eigenvalue weighted by Crippen LogP contribution is 2.43. The molecule has 1 aromatic carbocycles. The Hall–Kier alpha value is -1.13. The van der Waals surface area contributed by atoms with Crippen molar-refractivity contribution in [3.8, 4) is 5.69 Å². The van der Waals surface area contributed by atoms with E-state index in [4.69, 9.17) is 5.73 Å². The lowest BCUT2D eigenvalue weighted by Gasteiger charge is -2.08. The second-order valence-electron chi connectivity index (χ2n) is 5.12. The highest BCUT2D eigenvalue weighted by Gasteiger charge is 2.30. The predicted octanol–water partition coefficient (Wildman–Crippen LogP) is 3.40. The molecule has 1 aliphatic rings. The van der Waals surface area contributed by atoms with E-state index in [1.54, 1.807) is 0 Å². The van der Waals surface area contributed by atoms with Crippen LogP contribution in [0.2, 0.25) is 0 Å². The van der Waals surface area contributed by atoms with E-state index in [2.05, 4.69) is 50.0 Å². The van der Waals surface area contributed by atoms with Crippen molar-refractivity contribution < 1.29 is 0 Å². The molecular formula is C15H18BrN3. The van der Waals surface area contributed by atoms with E-state index in [0.717, 1.165) is 29.5 Å². The third-order valence-corrected chi connectivity index (χ3v) is 4.18. The van der Waals surface area contributed by atoms with Gasteiger partial charge >= 0.3 is 0 Å². The SMILES string of the molecule is NCCCc1ccc(-n2ncc(Br)c2C2CC2)cc1. The number of hydrogen-bond acceptors (Lipinski definition) is 2. The highest BCUT2D eigenvalue weighted by molar-refractivity contribution is 9.10. The maximum Gasteiger partial charge on any atom is 0.0649 e. The topological polar surface area (TPSA) is 43.8 Å². The van der Waals surface area contributed by atoms with E-state index in [1.807, 2.05) is 6.20 Å². The van der Waals surface area contributed by atoms with Crippen molar-refractivity contribution in [1.82, 2.24) is 9.78 Å². The monoisotopic (exact) mass is 319 g/mol. The number of benzene rings is 1. The molecule has 19 heavy (non-hydrogen) atoms. The summed E-state index contributed by atoms with van der Waals surface area (Å²) in [6, 6.07) is 8.66. The maximum absolute atomic E-state index is 5.54. The van der Waals surface area contributed by atoms with Crippen LogP contribution in [-0.4, -0.2) is 16.3 Å². The van der Waals surface area contributed by atoms with E-state index in [-0.39, 0.29) is 0 Å². The van der Waals surface area contributed by atoms with Gasteiger partial charge < -0.3 is 5.73 Å². The Bertz CT molecular complexity index is 555. The largest absolute Gasteiger partial charge is 0.330 e. The molecule has 0 amide bonds. The van der Waals surface area contributed by atoms with E-state index in [9.17, 15) is 0 Å². The summed E-state index contributed by atoms with van der Waals surface area (Å²) in [4.78, 5) is 0. The molecule has 0 bridgehead atoms. The molecule has 0 atom stereocenters. The molecule has 0 radical (unpaired) electrons. The minimum atomic E-state index is 0.675. The summed E-state index contributed by atoms with van der Waals surface area (Å²) >= 11 is 3.61. The van der Waals surface area contributed by atoms with Crippen LogP contribution >= 0.6 is 15.9 Å². The number of rotatable bonds is 5. The van der Waals surface area contributed by atoms with Crippen LogP contribution in [0.5, 0.6) is 0 Å².